The number of nitrogens with one attached hydrogen (secondary N) is 1. The Labute approximate surface area is 154 Å². The maximum atomic E-state index is 12.4. The zero-order valence-electron chi connectivity index (χ0n) is 14.3. The zero-order chi connectivity index (χ0) is 18.6. The van der Waals surface area contributed by atoms with Crippen LogP contribution in [-0.4, -0.2) is 36.1 Å². The number of nitrogens with zero attached hydrogens (tertiary/aromatic N) is 1. The van der Waals surface area contributed by atoms with Crippen LogP contribution in [0.5, 0.6) is 0 Å². The number of rotatable bonds is 5. The van der Waals surface area contributed by atoms with Gasteiger partial charge in [-0.1, -0.05) is 30.7 Å². The molecule has 0 aliphatic carbocycles. The number of piperidine rings is 1. The summed E-state index contributed by atoms with van der Waals surface area (Å²) >= 11 is 1.64. The molecule has 0 bridgehead atoms. The molecule has 2 aromatic rings. The van der Waals surface area contributed by atoms with Crippen molar-refractivity contribution in [2.24, 2.45) is 0 Å². The third-order valence-corrected chi connectivity index (χ3v) is 5.26. The molecule has 26 heavy (non-hydrogen) atoms. The largest absolute Gasteiger partial charge is 0.405 e. The molecule has 7 heteroatoms. The van der Waals surface area contributed by atoms with E-state index < -0.39 is 24.7 Å². The van der Waals surface area contributed by atoms with E-state index in [2.05, 4.69) is 11.4 Å². The van der Waals surface area contributed by atoms with Crippen molar-refractivity contribution in [1.29, 1.82) is 0 Å². The maximum Gasteiger partial charge on any atom is 0.405 e. The molecule has 0 radical (unpaired) electrons. The Kier molecular flexibility index (Phi) is 5.98. The summed E-state index contributed by atoms with van der Waals surface area (Å²) in [6, 6.07) is 9.69. The standard InChI is InChI=1S/C19H21F3N2OS/c20-19(21,22)13-23-18(25)17-3-1-2-9-24(17)11-14-4-6-15(7-5-14)16-8-10-26-12-16/h4-8,10,12,17H,1-3,9,11,13H2,(H,23,25). The molecule has 1 unspecified atom stereocenters. The average Bonchev–Trinajstić information content (AvgIpc) is 3.15. The van der Waals surface area contributed by atoms with Gasteiger partial charge in [-0.05, 0) is 52.9 Å². The Morgan fingerprint density at radius 2 is 1.92 bits per heavy atom. The number of carbonyl (C=O) groups excluding carboxylic acids is 1. The molecule has 1 aromatic heterocycles. The smallest absolute Gasteiger partial charge is 0.346 e. The Morgan fingerprint density at radius 3 is 2.58 bits per heavy atom. The van der Waals surface area contributed by atoms with Gasteiger partial charge < -0.3 is 5.32 Å². The lowest BCUT2D eigenvalue weighted by molar-refractivity contribution is -0.142. The molecule has 3 rings (SSSR count). The lowest BCUT2D eigenvalue weighted by atomic mass is 9.99. The second-order valence-electron chi connectivity index (χ2n) is 6.52. The summed E-state index contributed by atoms with van der Waals surface area (Å²) in [5.74, 6) is -0.531. The first-order valence-corrected chi connectivity index (χ1v) is 9.57. The van der Waals surface area contributed by atoms with Crippen molar-refractivity contribution in [2.75, 3.05) is 13.1 Å². The van der Waals surface area contributed by atoms with Crippen LogP contribution in [-0.2, 0) is 11.3 Å². The summed E-state index contributed by atoms with van der Waals surface area (Å²) in [5, 5.41) is 6.14. The molecule has 1 saturated heterocycles. The van der Waals surface area contributed by atoms with Gasteiger partial charge in [-0.2, -0.15) is 24.5 Å². The average molecular weight is 382 g/mol. The summed E-state index contributed by atoms with van der Waals surface area (Å²) in [6.45, 7) is 0.00984. The number of hydrogen-bond acceptors (Lipinski definition) is 3. The van der Waals surface area contributed by atoms with Crippen molar-refractivity contribution in [1.82, 2.24) is 10.2 Å². The molecule has 140 valence electrons. The second-order valence-corrected chi connectivity index (χ2v) is 7.30. The minimum Gasteiger partial charge on any atom is -0.346 e. The van der Waals surface area contributed by atoms with Crippen molar-refractivity contribution < 1.29 is 18.0 Å². The van der Waals surface area contributed by atoms with E-state index >= 15 is 0 Å². The van der Waals surface area contributed by atoms with Crippen LogP contribution in [0, 0.1) is 0 Å². The van der Waals surface area contributed by atoms with Crippen molar-refractivity contribution in [2.45, 2.75) is 38.0 Å². The van der Waals surface area contributed by atoms with Gasteiger partial charge in [0.2, 0.25) is 5.91 Å². The van der Waals surface area contributed by atoms with E-state index in [0.717, 1.165) is 30.5 Å². The Balaban J connectivity index is 1.63. The second kappa shape index (κ2) is 8.22. The SMILES string of the molecule is O=C(NCC(F)(F)F)C1CCCCN1Cc1ccc(-c2ccsc2)cc1. The van der Waals surface area contributed by atoms with Crippen molar-refractivity contribution in [3.8, 4) is 11.1 Å². The highest BCUT2D eigenvalue weighted by Gasteiger charge is 2.32. The van der Waals surface area contributed by atoms with Crippen molar-refractivity contribution in [3.63, 3.8) is 0 Å². The summed E-state index contributed by atoms with van der Waals surface area (Å²) < 4.78 is 37.1. The minimum absolute atomic E-state index is 0.498. The van der Waals surface area contributed by atoms with E-state index in [9.17, 15) is 18.0 Å². The molecular weight excluding hydrogens is 361 g/mol. The van der Waals surface area contributed by atoms with Crippen LogP contribution in [0.1, 0.15) is 24.8 Å². The van der Waals surface area contributed by atoms with Crippen molar-refractivity contribution in [3.05, 3.63) is 46.7 Å². The number of thiophene rings is 1. The first-order chi connectivity index (χ1) is 12.4. The highest BCUT2D eigenvalue weighted by Crippen LogP contribution is 2.24. The van der Waals surface area contributed by atoms with Gasteiger partial charge in [0, 0.05) is 6.54 Å². The summed E-state index contributed by atoms with van der Waals surface area (Å²) in [5.41, 5.74) is 3.36. The van der Waals surface area contributed by atoms with Gasteiger partial charge in [-0.15, -0.1) is 0 Å². The van der Waals surface area contributed by atoms with E-state index in [1.54, 1.807) is 11.3 Å². The molecule has 1 atom stereocenters. The summed E-state index contributed by atoms with van der Waals surface area (Å²) in [6.07, 6.45) is -1.98. The first kappa shape index (κ1) is 18.9. The maximum absolute atomic E-state index is 12.4. The van der Waals surface area contributed by atoms with Crippen LogP contribution in [0.3, 0.4) is 0 Å². The predicted molar refractivity (Wildman–Crippen MR) is 96.9 cm³/mol. The molecule has 1 aliphatic rings. The lowest BCUT2D eigenvalue weighted by Crippen LogP contribution is -2.50. The third-order valence-electron chi connectivity index (χ3n) is 4.57. The van der Waals surface area contributed by atoms with Gasteiger partial charge in [-0.25, -0.2) is 0 Å². The molecule has 0 spiro atoms. The van der Waals surface area contributed by atoms with Crippen LogP contribution in [0.25, 0.3) is 11.1 Å². The number of halogens is 3. The molecule has 2 heterocycles. The van der Waals surface area contributed by atoms with Crippen LogP contribution < -0.4 is 5.32 Å². The van der Waals surface area contributed by atoms with E-state index in [-0.39, 0.29) is 0 Å². The number of likely N-dealkylation sites (tertiary alicyclic amines) is 1. The monoisotopic (exact) mass is 382 g/mol. The van der Waals surface area contributed by atoms with E-state index in [4.69, 9.17) is 0 Å². The lowest BCUT2D eigenvalue weighted by Gasteiger charge is -2.34. The fourth-order valence-electron chi connectivity index (χ4n) is 3.25. The number of benzene rings is 1. The molecule has 1 aliphatic heterocycles. The highest BCUT2D eigenvalue weighted by molar-refractivity contribution is 7.08. The molecule has 1 aromatic carbocycles. The van der Waals surface area contributed by atoms with Crippen LogP contribution in [0.4, 0.5) is 13.2 Å². The molecule has 1 amide bonds. The van der Waals surface area contributed by atoms with Gasteiger partial charge in [0.1, 0.15) is 6.54 Å². The van der Waals surface area contributed by atoms with Gasteiger partial charge in [0.05, 0.1) is 6.04 Å². The molecule has 3 nitrogen and oxygen atoms in total. The summed E-state index contributed by atoms with van der Waals surface area (Å²) in [7, 11) is 0. The molecule has 1 N–H and O–H groups in total. The fraction of sp³-hybridized carbons (Fsp3) is 0.421. The Bertz CT molecular complexity index is 713. The number of alkyl halides is 3. The zero-order valence-corrected chi connectivity index (χ0v) is 15.1. The van der Waals surface area contributed by atoms with Gasteiger partial charge in [-0.3, -0.25) is 9.69 Å². The van der Waals surface area contributed by atoms with E-state index in [1.807, 2.05) is 39.9 Å². The van der Waals surface area contributed by atoms with Crippen LogP contribution in [0.2, 0.25) is 0 Å². The Hall–Kier alpha value is -1.86. The number of hydrogen-bond donors (Lipinski definition) is 1. The van der Waals surface area contributed by atoms with Gasteiger partial charge in [0.25, 0.3) is 0 Å². The van der Waals surface area contributed by atoms with Crippen LogP contribution >= 0.6 is 11.3 Å². The normalized spacial score (nSPS) is 18.7. The quantitative estimate of drug-likeness (QED) is 0.829. The van der Waals surface area contributed by atoms with Gasteiger partial charge in [0.15, 0.2) is 0 Å². The summed E-state index contributed by atoms with van der Waals surface area (Å²) in [4.78, 5) is 14.2. The number of carbonyl (C=O) groups is 1. The molecule has 1 fully saturated rings. The predicted octanol–water partition coefficient (Wildman–Crippen LogP) is 4.45. The molecule has 0 saturated carbocycles. The van der Waals surface area contributed by atoms with Crippen LogP contribution in [0.15, 0.2) is 41.1 Å². The number of amides is 1. The first-order valence-electron chi connectivity index (χ1n) is 8.62. The third kappa shape index (κ3) is 5.08. The van der Waals surface area contributed by atoms with Crippen molar-refractivity contribution >= 4 is 17.2 Å². The minimum atomic E-state index is -4.38. The van der Waals surface area contributed by atoms with E-state index in [1.165, 1.54) is 5.56 Å². The van der Waals surface area contributed by atoms with Gasteiger partial charge >= 0.3 is 6.18 Å². The fourth-order valence-corrected chi connectivity index (χ4v) is 3.91. The Morgan fingerprint density at radius 1 is 1.15 bits per heavy atom. The highest BCUT2D eigenvalue weighted by atomic mass is 32.1. The van der Waals surface area contributed by atoms with E-state index in [0.29, 0.717) is 13.0 Å². The molecular formula is C19H21F3N2OS. The topological polar surface area (TPSA) is 32.3 Å².